The number of rotatable bonds is 58. The van der Waals surface area contributed by atoms with Gasteiger partial charge in [0.05, 0.1) is 207 Å². The molecule has 0 aliphatic carbocycles. The minimum Gasteiger partial charge on any atom is -0.465 e. The molecular weight excluding hydrogens is 1340 g/mol. The van der Waals surface area contributed by atoms with Crippen LogP contribution in [0.15, 0.2) is 36.4 Å². The number of imidazole rings is 1. The van der Waals surface area contributed by atoms with E-state index in [1.807, 2.05) is 11.5 Å². The SMILES string of the molecule is CCCCc1nc2c(NC(=O)OCc3ccc(O[C@H]4O[C@H](CO)[C@@H](O)[C@H](O)[C@@H]4O)c(NC(=O)CCNC(=O)[C@@H](N)CCCCNC(=O)CCOCCOCCOCCOCCOCCOCCOCCOCCOCCOCCOCCOC)c3)nc3cc(C(=O)OC)ccc3c2n1CC(C)O. The molecule has 11 N–H and O–H groups in total. The van der Waals surface area contributed by atoms with Crippen LogP contribution in [0.3, 0.4) is 0 Å². The Labute approximate surface area is 594 Å². The summed E-state index contributed by atoms with van der Waals surface area (Å²) in [5, 5.41) is 63.4. The topological polar surface area (TPSA) is 439 Å². The number of carbonyl (C=O) groups is 5. The van der Waals surface area contributed by atoms with Gasteiger partial charge < -0.3 is 128 Å². The lowest BCUT2D eigenvalue weighted by atomic mass is 9.99. The third kappa shape index (κ3) is 33.1. The third-order valence-electron chi connectivity index (χ3n) is 15.3. The Morgan fingerprint density at radius 3 is 1.72 bits per heavy atom. The smallest absolute Gasteiger partial charge is 0.413 e. The number of aliphatic hydroxyl groups is 5. The molecule has 0 spiro atoms. The zero-order valence-corrected chi connectivity index (χ0v) is 59.2. The van der Waals surface area contributed by atoms with E-state index in [0.717, 1.165) is 12.8 Å². The van der Waals surface area contributed by atoms with Crippen molar-refractivity contribution in [2.45, 2.75) is 121 Å². The molecule has 1 aliphatic rings. The number of amides is 4. The van der Waals surface area contributed by atoms with Gasteiger partial charge in [0.15, 0.2) is 5.82 Å². The second-order valence-corrected chi connectivity index (χ2v) is 23.3. The van der Waals surface area contributed by atoms with Crippen molar-refractivity contribution in [3.05, 3.63) is 53.3 Å². The number of nitrogens with one attached hydrogen (secondary N) is 4. The molecule has 0 saturated carbocycles. The van der Waals surface area contributed by atoms with E-state index in [2.05, 4.69) is 26.3 Å². The van der Waals surface area contributed by atoms with Crippen LogP contribution < -0.4 is 31.7 Å². The summed E-state index contributed by atoms with van der Waals surface area (Å²) in [5.41, 5.74) is 7.87. The second-order valence-electron chi connectivity index (χ2n) is 23.3. The molecule has 4 aromatic rings. The van der Waals surface area contributed by atoms with Gasteiger partial charge in [0.25, 0.3) is 0 Å². The minimum absolute atomic E-state index is 0.0130. The number of benzene rings is 2. The normalized spacial score (nSPS) is 16.6. The van der Waals surface area contributed by atoms with Crippen molar-refractivity contribution in [3.63, 3.8) is 0 Å². The highest BCUT2D eigenvalue weighted by atomic mass is 16.7. The number of nitrogens with zero attached hydrogens (tertiary/aromatic N) is 3. The summed E-state index contributed by atoms with van der Waals surface area (Å²) >= 11 is 0. The summed E-state index contributed by atoms with van der Waals surface area (Å²) < 4.78 is 89.1. The maximum absolute atomic E-state index is 13.7. The summed E-state index contributed by atoms with van der Waals surface area (Å²) in [6.07, 6.45) is -6.44. The van der Waals surface area contributed by atoms with Crippen molar-refractivity contribution in [2.75, 3.05) is 197 Å². The standard InChI is InChI=1S/C68H108N8O26/c1-5-6-10-56-74-59-60(76(56)44-47(2)78)50-13-12-49(66(85)88-4)43-52(50)73-64(59)75-68(86)100-46-48-11-14-54(101-67-63(83)62(82)61(81)55(45-77)102-67)53(42-48)72-58(80)15-18-71-65(84)51(69)9-7-8-17-70-57(79)16-19-89-22-23-91-26-27-93-30-31-95-34-35-97-38-39-99-41-40-98-37-36-96-33-32-94-29-28-92-25-24-90-21-20-87-3/h11-14,42-43,47,51,55,61-63,67,77-78,81-83H,5-10,15-41,44-46,69H2,1-4H3,(H,70,79)(H,71,84)(H,72,80)(H,73,75,86)/t47?,51-,55+,61+,62-,63-,67-/m0/s1. The number of aromatic nitrogens is 3. The maximum atomic E-state index is 13.7. The van der Waals surface area contributed by atoms with Gasteiger partial charge in [-0.05, 0) is 68.5 Å². The number of pyridine rings is 1. The second kappa shape index (κ2) is 51.6. The number of hydrogen-bond acceptors (Lipinski definition) is 29. The Kier molecular flexibility index (Phi) is 43.6. The largest absolute Gasteiger partial charge is 0.465 e. The average molecular weight is 1450 g/mol. The molecule has 0 bridgehead atoms. The molecule has 1 saturated heterocycles. The summed E-state index contributed by atoms with van der Waals surface area (Å²) in [6, 6.07) is 8.17. The van der Waals surface area contributed by atoms with E-state index < -0.39 is 73.3 Å². The molecule has 576 valence electrons. The number of unbranched alkanes of at least 4 members (excludes halogenated alkanes) is 2. The van der Waals surface area contributed by atoms with Crippen molar-refractivity contribution >= 4 is 63.2 Å². The maximum Gasteiger partial charge on any atom is 0.413 e. The van der Waals surface area contributed by atoms with Crippen LogP contribution in [0.1, 0.15) is 80.5 Å². The highest BCUT2D eigenvalue weighted by Crippen LogP contribution is 2.34. The average Bonchev–Trinajstić information content (AvgIpc) is 1.56. The van der Waals surface area contributed by atoms with E-state index in [1.54, 1.807) is 26.2 Å². The molecule has 5 rings (SSSR count). The van der Waals surface area contributed by atoms with E-state index >= 15 is 0 Å². The summed E-state index contributed by atoms with van der Waals surface area (Å²) in [5.74, 6) is -1.35. The van der Waals surface area contributed by atoms with Crippen LogP contribution in [0, 0.1) is 0 Å². The molecule has 2 aromatic heterocycles. The highest BCUT2D eigenvalue weighted by Gasteiger charge is 2.45. The number of aliphatic hydroxyl groups excluding tert-OH is 5. The molecule has 34 nitrogen and oxygen atoms in total. The Morgan fingerprint density at radius 2 is 1.19 bits per heavy atom. The summed E-state index contributed by atoms with van der Waals surface area (Å²) in [7, 11) is 2.88. The first-order valence-corrected chi connectivity index (χ1v) is 34.7. The molecule has 0 radical (unpaired) electrons. The number of aryl methyl sites for hydroxylation is 1. The van der Waals surface area contributed by atoms with Gasteiger partial charge in [0, 0.05) is 44.8 Å². The van der Waals surface area contributed by atoms with Crippen LogP contribution >= 0.6 is 0 Å². The lowest BCUT2D eigenvalue weighted by molar-refractivity contribution is -0.277. The van der Waals surface area contributed by atoms with Crippen LogP contribution in [0.25, 0.3) is 21.9 Å². The number of carbonyl (C=O) groups excluding carboxylic acids is 5. The molecule has 102 heavy (non-hydrogen) atoms. The van der Waals surface area contributed by atoms with Crippen molar-refractivity contribution < 1.29 is 125 Å². The number of hydrogen-bond donors (Lipinski definition) is 10. The number of methoxy groups -OCH3 is 2. The van der Waals surface area contributed by atoms with Gasteiger partial charge in [-0.2, -0.15) is 0 Å². The summed E-state index contributed by atoms with van der Waals surface area (Å²) in [4.78, 5) is 74.6. The Hall–Kier alpha value is -6.49. The fourth-order valence-electron chi connectivity index (χ4n) is 9.88. The molecule has 1 unspecified atom stereocenters. The fraction of sp³-hybridized carbons (Fsp3) is 0.691. The Morgan fingerprint density at radius 1 is 0.627 bits per heavy atom. The monoisotopic (exact) mass is 1450 g/mol. The zero-order chi connectivity index (χ0) is 73.5. The van der Waals surface area contributed by atoms with Gasteiger partial charge in [-0.3, -0.25) is 19.7 Å². The first-order valence-electron chi connectivity index (χ1n) is 34.7. The number of ether oxygens (including phenoxy) is 16. The van der Waals surface area contributed by atoms with Gasteiger partial charge in [-0.25, -0.2) is 19.6 Å². The van der Waals surface area contributed by atoms with Gasteiger partial charge in [-0.15, -0.1) is 0 Å². The first-order chi connectivity index (χ1) is 49.6. The molecule has 1 aliphatic heterocycles. The van der Waals surface area contributed by atoms with E-state index in [0.29, 0.717) is 211 Å². The number of nitrogens with two attached hydrogens (primary N) is 1. The van der Waals surface area contributed by atoms with Crippen molar-refractivity contribution in [3.8, 4) is 5.75 Å². The number of esters is 1. The molecule has 7 atom stereocenters. The molecule has 34 heteroatoms. The van der Waals surface area contributed by atoms with E-state index in [9.17, 15) is 49.5 Å². The van der Waals surface area contributed by atoms with Crippen LogP contribution in [0.5, 0.6) is 5.75 Å². The van der Waals surface area contributed by atoms with Gasteiger partial charge >= 0.3 is 12.1 Å². The molecule has 3 heterocycles. The van der Waals surface area contributed by atoms with Crippen LogP contribution in [-0.4, -0.2) is 299 Å². The van der Waals surface area contributed by atoms with Crippen molar-refractivity contribution in [1.82, 2.24) is 25.2 Å². The van der Waals surface area contributed by atoms with Gasteiger partial charge in [0.1, 0.15) is 48.1 Å². The molecule has 2 aromatic carbocycles. The van der Waals surface area contributed by atoms with Gasteiger partial charge in [0.2, 0.25) is 24.0 Å². The Bertz CT molecular complexity index is 3020. The van der Waals surface area contributed by atoms with Gasteiger partial charge in [-0.1, -0.05) is 19.4 Å². The highest BCUT2D eigenvalue weighted by molar-refractivity contribution is 6.10. The predicted molar refractivity (Wildman–Crippen MR) is 368 cm³/mol. The minimum atomic E-state index is -1.80. The molecule has 1 fully saturated rings. The Balaban J connectivity index is 0.905. The number of anilines is 2. The number of fused-ring (bicyclic) bond motifs is 3. The lowest BCUT2D eigenvalue weighted by Crippen LogP contribution is -2.60. The van der Waals surface area contributed by atoms with Crippen LogP contribution in [-0.2, 0) is 105 Å². The van der Waals surface area contributed by atoms with Crippen molar-refractivity contribution in [1.29, 1.82) is 0 Å². The lowest BCUT2D eigenvalue weighted by Gasteiger charge is -2.39. The van der Waals surface area contributed by atoms with Crippen molar-refractivity contribution in [2.24, 2.45) is 5.73 Å². The zero-order valence-electron chi connectivity index (χ0n) is 59.2. The van der Waals surface area contributed by atoms with Crippen LogP contribution in [0.2, 0.25) is 0 Å². The van der Waals surface area contributed by atoms with E-state index in [-0.39, 0.29) is 67.9 Å². The fourth-order valence-corrected chi connectivity index (χ4v) is 9.88. The quantitative estimate of drug-likeness (QED) is 0.0220. The van der Waals surface area contributed by atoms with Crippen LogP contribution in [0.4, 0.5) is 16.3 Å². The predicted octanol–water partition coefficient (Wildman–Crippen LogP) is 1.30. The van der Waals surface area contributed by atoms with E-state index in [4.69, 9.17) is 86.5 Å². The van der Waals surface area contributed by atoms with E-state index in [1.165, 1.54) is 31.4 Å². The first kappa shape index (κ1) is 86.2. The summed E-state index contributed by atoms with van der Waals surface area (Å²) in [6.45, 7) is 13.2. The third-order valence-corrected chi connectivity index (χ3v) is 15.3. The molecular formula is C68H108N8O26. The molecule has 4 amide bonds.